The van der Waals surface area contributed by atoms with Crippen LogP contribution in [0.5, 0.6) is 0 Å². The second-order valence-corrected chi connectivity index (χ2v) is 5.81. The summed E-state index contributed by atoms with van der Waals surface area (Å²) >= 11 is 7.85. The van der Waals surface area contributed by atoms with Crippen LogP contribution in [-0.2, 0) is 9.53 Å². The summed E-state index contributed by atoms with van der Waals surface area (Å²) in [4.78, 5) is 15.1. The Hall–Kier alpha value is -0.850. The second-order valence-electron chi connectivity index (χ2n) is 3.05. The lowest BCUT2D eigenvalue weighted by atomic mass is 10.3. The van der Waals surface area contributed by atoms with Gasteiger partial charge in [0.25, 0.3) is 0 Å². The molecule has 1 atom stereocenters. The van der Waals surface area contributed by atoms with Gasteiger partial charge in [0.1, 0.15) is 0 Å². The molecule has 0 spiro atoms. The fourth-order valence-corrected chi connectivity index (χ4v) is 3.24. The van der Waals surface area contributed by atoms with E-state index in [1.807, 2.05) is 6.07 Å². The minimum Gasteiger partial charge on any atom is -0.466 e. The van der Waals surface area contributed by atoms with Gasteiger partial charge >= 0.3 is 5.97 Å². The number of hydrogen-bond acceptors (Lipinski definition) is 5. The highest BCUT2D eigenvalue weighted by Gasteiger charge is 2.21. The van der Waals surface area contributed by atoms with Gasteiger partial charge in [-0.3, -0.25) is 0 Å². The first-order valence-electron chi connectivity index (χ1n) is 4.55. The van der Waals surface area contributed by atoms with E-state index in [2.05, 4.69) is 9.72 Å². The van der Waals surface area contributed by atoms with Crippen molar-refractivity contribution in [2.75, 3.05) is 7.11 Å². The van der Waals surface area contributed by atoms with E-state index in [9.17, 15) is 9.18 Å². The maximum absolute atomic E-state index is 13.3. The van der Waals surface area contributed by atoms with Crippen molar-refractivity contribution in [3.05, 3.63) is 23.2 Å². The summed E-state index contributed by atoms with van der Waals surface area (Å²) < 4.78 is 19.0. The third kappa shape index (κ3) is 2.88. The minimum absolute atomic E-state index is 0.472. The van der Waals surface area contributed by atoms with Gasteiger partial charge in [0.15, 0.2) is 4.34 Å². The number of methoxy groups -OCH3 is 1. The Labute approximate surface area is 110 Å². The smallest absolute Gasteiger partial charge is 0.351 e. The molecule has 1 heterocycles. The number of hydrogen-bond donors (Lipinski definition) is 0. The van der Waals surface area contributed by atoms with Gasteiger partial charge < -0.3 is 4.74 Å². The van der Waals surface area contributed by atoms with Gasteiger partial charge in [-0.1, -0.05) is 11.6 Å². The molecule has 17 heavy (non-hydrogen) atoms. The van der Waals surface area contributed by atoms with E-state index in [4.69, 9.17) is 11.6 Å². The van der Waals surface area contributed by atoms with E-state index in [-0.39, 0.29) is 0 Å². The first kappa shape index (κ1) is 12.6. The van der Waals surface area contributed by atoms with E-state index in [0.717, 1.165) is 23.6 Å². The monoisotopic (exact) mass is 291 g/mol. The molecule has 3 nitrogen and oxygen atoms in total. The van der Waals surface area contributed by atoms with Crippen molar-refractivity contribution in [2.24, 2.45) is 0 Å². The van der Waals surface area contributed by atoms with Crippen LogP contribution in [0.15, 0.2) is 22.5 Å². The first-order valence-corrected chi connectivity index (χ1v) is 6.62. The number of halogens is 2. The van der Waals surface area contributed by atoms with Crippen LogP contribution in [0.1, 0.15) is 0 Å². The van der Waals surface area contributed by atoms with Crippen molar-refractivity contribution in [3.63, 3.8) is 0 Å². The molecule has 1 aromatic carbocycles. The normalized spacial score (nSPS) is 12.6. The Morgan fingerprint density at radius 1 is 1.65 bits per heavy atom. The van der Waals surface area contributed by atoms with Gasteiger partial charge in [-0.25, -0.2) is 14.2 Å². The van der Waals surface area contributed by atoms with Crippen LogP contribution < -0.4 is 0 Å². The van der Waals surface area contributed by atoms with Crippen LogP contribution in [0.3, 0.4) is 0 Å². The van der Waals surface area contributed by atoms with Gasteiger partial charge in [-0.05, 0) is 30.0 Å². The van der Waals surface area contributed by atoms with Crippen molar-refractivity contribution in [2.45, 2.75) is 9.84 Å². The number of ether oxygens (including phenoxy) is 1. The van der Waals surface area contributed by atoms with Gasteiger partial charge in [-0.15, -0.1) is 11.3 Å². The molecule has 0 N–H and O–H groups in total. The predicted octanol–water partition coefficient (Wildman–Crippen LogP) is 3.51. The number of aromatic nitrogens is 1. The Bertz CT molecular complexity index is 560. The molecular formula is C10H7ClFNO2S2. The average molecular weight is 292 g/mol. The minimum atomic E-state index is -1.75. The molecule has 0 amide bonds. The Balaban J connectivity index is 2.22. The highest BCUT2D eigenvalue weighted by atomic mass is 35.5. The molecule has 0 saturated carbocycles. The van der Waals surface area contributed by atoms with Crippen LogP contribution in [0.25, 0.3) is 10.2 Å². The SMILES string of the molecule is COC(=O)C(F)Sc1nc2cc(Cl)ccc2s1. The number of alkyl halides is 1. The number of thiazole rings is 1. The van der Waals surface area contributed by atoms with Gasteiger partial charge in [0, 0.05) is 5.02 Å². The number of rotatable bonds is 3. The molecule has 0 fully saturated rings. The Morgan fingerprint density at radius 2 is 2.41 bits per heavy atom. The van der Waals surface area contributed by atoms with Crippen molar-refractivity contribution in [1.82, 2.24) is 4.98 Å². The maximum atomic E-state index is 13.3. The van der Waals surface area contributed by atoms with E-state index in [1.165, 1.54) is 11.3 Å². The molecule has 2 aromatic rings. The third-order valence-corrected chi connectivity index (χ3v) is 4.22. The molecule has 90 valence electrons. The van der Waals surface area contributed by atoms with Gasteiger partial charge in [0.2, 0.25) is 5.50 Å². The van der Waals surface area contributed by atoms with Crippen molar-refractivity contribution < 1.29 is 13.9 Å². The van der Waals surface area contributed by atoms with E-state index in [0.29, 0.717) is 14.9 Å². The number of carbonyl (C=O) groups is 1. The average Bonchev–Trinajstić information content (AvgIpc) is 2.69. The summed E-state index contributed by atoms with van der Waals surface area (Å²) in [6.45, 7) is 0. The lowest BCUT2D eigenvalue weighted by Crippen LogP contribution is -2.12. The molecule has 7 heteroatoms. The number of esters is 1. The number of thioether (sulfide) groups is 1. The van der Waals surface area contributed by atoms with Crippen molar-refractivity contribution >= 4 is 50.9 Å². The molecule has 2 rings (SSSR count). The van der Waals surface area contributed by atoms with Crippen LogP contribution in [0, 0.1) is 0 Å². The molecule has 1 aromatic heterocycles. The second kappa shape index (κ2) is 5.20. The largest absolute Gasteiger partial charge is 0.466 e. The summed E-state index contributed by atoms with van der Waals surface area (Å²) in [6.07, 6.45) is 0. The van der Waals surface area contributed by atoms with Crippen LogP contribution in [0.4, 0.5) is 4.39 Å². The quantitative estimate of drug-likeness (QED) is 0.641. The van der Waals surface area contributed by atoms with Crippen molar-refractivity contribution in [3.8, 4) is 0 Å². The Morgan fingerprint density at radius 3 is 3.12 bits per heavy atom. The number of fused-ring (bicyclic) bond motifs is 1. The molecular weight excluding hydrogens is 285 g/mol. The molecule has 1 unspecified atom stereocenters. The molecule has 0 aliphatic carbocycles. The predicted molar refractivity (Wildman–Crippen MR) is 67.4 cm³/mol. The van der Waals surface area contributed by atoms with Crippen LogP contribution in [0.2, 0.25) is 5.02 Å². The zero-order valence-corrected chi connectivity index (χ0v) is 11.0. The summed E-state index contributed by atoms with van der Waals surface area (Å²) in [5.41, 5.74) is -1.06. The zero-order chi connectivity index (χ0) is 12.4. The lowest BCUT2D eigenvalue weighted by molar-refractivity contribution is -0.142. The number of carbonyl (C=O) groups excluding carboxylic acids is 1. The van der Waals surface area contributed by atoms with Crippen LogP contribution in [-0.4, -0.2) is 23.6 Å². The van der Waals surface area contributed by atoms with E-state index in [1.54, 1.807) is 12.1 Å². The topological polar surface area (TPSA) is 39.2 Å². The van der Waals surface area contributed by atoms with Gasteiger partial charge in [-0.2, -0.15) is 0 Å². The summed E-state index contributed by atoms with van der Waals surface area (Å²) in [5, 5.41) is 0.573. The highest BCUT2D eigenvalue weighted by Crippen LogP contribution is 2.33. The fraction of sp³-hybridized carbons (Fsp3) is 0.200. The summed E-state index contributed by atoms with van der Waals surface area (Å²) in [5.74, 6) is -0.910. The number of nitrogens with zero attached hydrogens (tertiary/aromatic N) is 1. The lowest BCUT2D eigenvalue weighted by Gasteiger charge is -2.01. The first-order chi connectivity index (χ1) is 8.10. The van der Waals surface area contributed by atoms with Crippen LogP contribution >= 0.6 is 34.7 Å². The molecule has 0 aliphatic rings. The summed E-state index contributed by atoms with van der Waals surface area (Å²) in [6, 6.07) is 5.25. The standard InChI is InChI=1S/C10H7ClFNO2S2/c1-15-9(14)8(12)17-10-13-6-4-5(11)2-3-7(6)16-10/h2-4,8H,1H3. The molecule has 0 saturated heterocycles. The van der Waals surface area contributed by atoms with Gasteiger partial charge in [0.05, 0.1) is 17.3 Å². The highest BCUT2D eigenvalue weighted by molar-refractivity contribution is 8.02. The molecule has 0 radical (unpaired) electrons. The fourth-order valence-electron chi connectivity index (χ4n) is 1.16. The van der Waals surface area contributed by atoms with Crippen molar-refractivity contribution in [1.29, 1.82) is 0 Å². The molecule has 0 bridgehead atoms. The Kier molecular flexibility index (Phi) is 3.86. The summed E-state index contributed by atoms with van der Waals surface area (Å²) in [7, 11) is 1.15. The molecule has 0 aliphatic heterocycles. The third-order valence-electron chi connectivity index (χ3n) is 1.92. The van der Waals surface area contributed by atoms with E-state index < -0.39 is 11.5 Å². The van der Waals surface area contributed by atoms with E-state index >= 15 is 0 Å². The number of benzene rings is 1. The maximum Gasteiger partial charge on any atom is 0.351 e. The zero-order valence-electron chi connectivity index (χ0n) is 8.65.